The number of likely N-dealkylation sites (tertiary alicyclic amines) is 3. The van der Waals surface area contributed by atoms with Crippen LogP contribution in [0.5, 0.6) is 0 Å². The number of nitrogens with two attached hydrogens (primary N) is 1. The molecule has 3 rings (SSSR count). The van der Waals surface area contributed by atoms with Gasteiger partial charge in [-0.2, -0.15) is 0 Å². The highest BCUT2D eigenvalue weighted by molar-refractivity contribution is 5.98. The molecule has 0 spiro atoms. The van der Waals surface area contributed by atoms with Crippen molar-refractivity contribution in [2.45, 2.75) is 147 Å². The summed E-state index contributed by atoms with van der Waals surface area (Å²) in [6.45, 7) is 6.24. The monoisotopic (exact) mass is 907 g/mol. The Morgan fingerprint density at radius 2 is 1.02 bits per heavy atom. The molecule has 23 nitrogen and oxygen atoms in total. The molecule has 0 aliphatic carbocycles. The minimum absolute atomic E-state index is 0.0704. The smallest absolute Gasteiger partial charge is 0.322 e. The number of aliphatic carboxylic acids is 3. The van der Waals surface area contributed by atoms with E-state index in [9.17, 15) is 57.8 Å². The van der Waals surface area contributed by atoms with Crippen LogP contribution in [0.2, 0.25) is 0 Å². The third kappa shape index (κ3) is 14.6. The lowest BCUT2D eigenvalue weighted by Gasteiger charge is -2.34. The number of nitrogens with zero attached hydrogens (tertiary/aromatic N) is 3. The lowest BCUT2D eigenvalue weighted by molar-refractivity contribution is -0.146. The fourth-order valence-electron chi connectivity index (χ4n) is 8.12. The molecule has 0 bridgehead atoms. The average molecular weight is 908 g/mol. The maximum atomic E-state index is 14.2. The molecule has 3 heterocycles. The Kier molecular flexibility index (Phi) is 20.4. The highest BCUT2D eigenvalue weighted by atomic mass is 16.4. The number of carboxylic acids is 3. The molecule has 10 N–H and O–H groups in total. The quantitative estimate of drug-likeness (QED) is 0.0500. The highest BCUT2D eigenvalue weighted by Gasteiger charge is 2.44. The normalized spacial score (nSPS) is 21.1. The standard InChI is InChI=1S/C41H65N9O14/c1-5-22(3)33(38(61)44-21-32(56)57)46-36(59)28-12-9-19-50(28)41(64)34(23(4)6-2)47-37(60)27-11-8-18-49(27)40(63)25(14-16-31(54)55)45-29(51)20-43-35(58)26-10-7-17-48(26)39(62)24(42)13-15-30(52)53/h22-28,33-34H,5-21,42H2,1-4H3,(H,43,58)(H,44,61)(H,45,51)(H,46,59)(H,47,60)(H,52,53)(H,54,55)(H,56,57)/t22-,23-,24-,25-,26-,27-,28-,33-,34-/m0/s1. The van der Waals surface area contributed by atoms with E-state index in [2.05, 4.69) is 26.6 Å². The van der Waals surface area contributed by atoms with Crippen molar-refractivity contribution in [3.8, 4) is 0 Å². The fourth-order valence-corrected chi connectivity index (χ4v) is 8.12. The summed E-state index contributed by atoms with van der Waals surface area (Å²) in [6.07, 6.45) is 1.53. The average Bonchev–Trinajstić information content (AvgIpc) is 4.07. The molecule has 0 radical (unpaired) electrons. The van der Waals surface area contributed by atoms with Crippen LogP contribution in [-0.4, -0.2) is 170 Å². The molecule has 0 aromatic heterocycles. The Balaban J connectivity index is 1.71. The van der Waals surface area contributed by atoms with Gasteiger partial charge in [-0.15, -0.1) is 0 Å². The molecule has 3 aliphatic heterocycles. The van der Waals surface area contributed by atoms with Gasteiger partial charge in [-0.3, -0.25) is 52.7 Å². The van der Waals surface area contributed by atoms with Gasteiger partial charge in [-0.05, 0) is 63.2 Å². The molecule has 0 saturated carbocycles. The van der Waals surface area contributed by atoms with Crippen LogP contribution in [0, 0.1) is 11.8 Å². The minimum atomic E-state index is -1.42. The molecule has 3 saturated heterocycles. The zero-order valence-electron chi connectivity index (χ0n) is 37.0. The Hall–Kier alpha value is -5.87. The Labute approximate surface area is 371 Å². The second kappa shape index (κ2) is 24.8. The Morgan fingerprint density at radius 3 is 1.52 bits per heavy atom. The van der Waals surface area contributed by atoms with Crippen LogP contribution in [0.1, 0.15) is 105 Å². The van der Waals surface area contributed by atoms with Crippen LogP contribution in [0.3, 0.4) is 0 Å². The Morgan fingerprint density at radius 1 is 0.562 bits per heavy atom. The number of nitrogens with one attached hydrogen (secondary N) is 5. The summed E-state index contributed by atoms with van der Waals surface area (Å²) in [7, 11) is 0. The number of carboxylic acid groups (broad SMARTS) is 3. The van der Waals surface area contributed by atoms with Crippen molar-refractivity contribution in [2.75, 3.05) is 32.7 Å². The summed E-state index contributed by atoms with van der Waals surface area (Å²) in [5, 5.41) is 40.1. The maximum absolute atomic E-state index is 14.2. The number of hydrogen-bond acceptors (Lipinski definition) is 12. The van der Waals surface area contributed by atoms with E-state index in [1.165, 1.54) is 14.7 Å². The van der Waals surface area contributed by atoms with Gasteiger partial charge in [0, 0.05) is 32.5 Å². The molecular formula is C41H65N9O14. The van der Waals surface area contributed by atoms with E-state index in [0.29, 0.717) is 32.1 Å². The van der Waals surface area contributed by atoms with Crippen LogP contribution < -0.4 is 32.3 Å². The topological polar surface area (TPSA) is 344 Å². The summed E-state index contributed by atoms with van der Waals surface area (Å²) in [5.74, 6) is -9.88. The first-order valence-corrected chi connectivity index (χ1v) is 22.0. The second-order valence-electron chi connectivity index (χ2n) is 16.7. The highest BCUT2D eigenvalue weighted by Crippen LogP contribution is 2.25. The SMILES string of the molecule is CC[C@H](C)[C@H](NC(=O)[C@@H]1CCCN1C(=O)[C@@H](NC(=O)[C@@H]1CCCN1C(=O)[C@H](CCC(=O)O)NC(=O)CNC(=O)[C@@H]1CCCN1C(=O)[C@@H](N)CCC(=O)O)[C@@H](C)CC)C(=O)NCC(=O)O. The van der Waals surface area contributed by atoms with E-state index in [0.717, 1.165) is 0 Å². The van der Waals surface area contributed by atoms with Crippen molar-refractivity contribution in [1.29, 1.82) is 0 Å². The summed E-state index contributed by atoms with van der Waals surface area (Å²) in [4.78, 5) is 145. The molecular weight excluding hydrogens is 842 g/mol. The first kappa shape index (κ1) is 52.5. The van der Waals surface area contributed by atoms with Crippen LogP contribution in [0.15, 0.2) is 0 Å². The zero-order chi connectivity index (χ0) is 47.8. The number of hydrogen-bond donors (Lipinski definition) is 9. The zero-order valence-corrected chi connectivity index (χ0v) is 37.0. The number of carbonyl (C=O) groups is 11. The third-order valence-electron chi connectivity index (χ3n) is 12.2. The second-order valence-corrected chi connectivity index (χ2v) is 16.7. The van der Waals surface area contributed by atoms with Gasteiger partial charge in [0.05, 0.1) is 12.6 Å². The van der Waals surface area contributed by atoms with Crippen molar-refractivity contribution in [2.24, 2.45) is 17.6 Å². The predicted molar refractivity (Wildman–Crippen MR) is 224 cm³/mol. The van der Waals surface area contributed by atoms with Gasteiger partial charge in [-0.25, -0.2) is 0 Å². The molecule has 64 heavy (non-hydrogen) atoms. The minimum Gasteiger partial charge on any atom is -0.481 e. The predicted octanol–water partition coefficient (Wildman–Crippen LogP) is -2.12. The van der Waals surface area contributed by atoms with Gasteiger partial charge < -0.3 is 62.3 Å². The lowest BCUT2D eigenvalue weighted by atomic mass is 9.96. The van der Waals surface area contributed by atoms with E-state index >= 15 is 0 Å². The fraction of sp³-hybridized carbons (Fsp3) is 0.732. The van der Waals surface area contributed by atoms with Gasteiger partial charge in [0.25, 0.3) is 0 Å². The van der Waals surface area contributed by atoms with Crippen molar-refractivity contribution in [3.63, 3.8) is 0 Å². The first-order chi connectivity index (χ1) is 30.2. The Bertz CT molecular complexity index is 1760. The van der Waals surface area contributed by atoms with E-state index < -0.39 is 133 Å². The molecule has 0 unspecified atom stereocenters. The van der Waals surface area contributed by atoms with Crippen LogP contribution >= 0.6 is 0 Å². The van der Waals surface area contributed by atoms with Gasteiger partial charge in [0.15, 0.2) is 0 Å². The van der Waals surface area contributed by atoms with Gasteiger partial charge >= 0.3 is 17.9 Å². The molecule has 9 atom stereocenters. The van der Waals surface area contributed by atoms with Crippen molar-refractivity contribution in [3.05, 3.63) is 0 Å². The summed E-state index contributed by atoms with van der Waals surface area (Å²) >= 11 is 0. The van der Waals surface area contributed by atoms with Crippen LogP contribution in [-0.2, 0) is 52.7 Å². The number of amides is 8. The van der Waals surface area contributed by atoms with Gasteiger partial charge in [0.1, 0.15) is 42.8 Å². The summed E-state index contributed by atoms with van der Waals surface area (Å²) in [6, 6.07) is -7.85. The van der Waals surface area contributed by atoms with Gasteiger partial charge in [0.2, 0.25) is 47.3 Å². The third-order valence-corrected chi connectivity index (χ3v) is 12.2. The van der Waals surface area contributed by atoms with E-state index in [1.807, 2.05) is 6.92 Å². The molecule has 358 valence electrons. The van der Waals surface area contributed by atoms with Crippen LogP contribution in [0.4, 0.5) is 0 Å². The van der Waals surface area contributed by atoms with Crippen molar-refractivity contribution < 1.29 is 68.1 Å². The van der Waals surface area contributed by atoms with E-state index in [1.54, 1.807) is 20.8 Å². The summed E-state index contributed by atoms with van der Waals surface area (Å²) in [5.41, 5.74) is 5.88. The van der Waals surface area contributed by atoms with Crippen molar-refractivity contribution in [1.82, 2.24) is 41.3 Å². The summed E-state index contributed by atoms with van der Waals surface area (Å²) < 4.78 is 0. The number of rotatable bonds is 24. The molecule has 23 heteroatoms. The molecule has 0 aromatic carbocycles. The van der Waals surface area contributed by atoms with E-state index in [-0.39, 0.29) is 64.1 Å². The maximum Gasteiger partial charge on any atom is 0.322 e. The molecule has 3 aliphatic rings. The molecule has 3 fully saturated rings. The first-order valence-electron chi connectivity index (χ1n) is 22.0. The largest absolute Gasteiger partial charge is 0.481 e. The number of carbonyl (C=O) groups excluding carboxylic acids is 8. The lowest BCUT2D eigenvalue weighted by Crippen LogP contribution is -2.60. The van der Waals surface area contributed by atoms with E-state index in [4.69, 9.17) is 15.9 Å². The molecule has 8 amide bonds. The van der Waals surface area contributed by atoms with Gasteiger partial charge in [-0.1, -0.05) is 40.5 Å². The molecule has 0 aromatic rings. The van der Waals surface area contributed by atoms with Crippen LogP contribution in [0.25, 0.3) is 0 Å². The van der Waals surface area contributed by atoms with Crippen molar-refractivity contribution >= 4 is 65.2 Å².